The maximum Gasteiger partial charge on any atom is 0.294 e. The minimum Gasteiger partial charge on any atom is -0.258 e. The highest BCUT2D eigenvalue weighted by Crippen LogP contribution is 2.42. The van der Waals surface area contributed by atoms with Crippen molar-refractivity contribution >= 4 is 33.0 Å². The quantitative estimate of drug-likeness (QED) is 0.127. The van der Waals surface area contributed by atoms with Gasteiger partial charge in [0, 0.05) is 21.7 Å². The van der Waals surface area contributed by atoms with Crippen LogP contribution in [0.5, 0.6) is 0 Å². The third kappa shape index (κ3) is 4.64. The number of nitrogens with zero attached hydrogens (tertiary/aromatic N) is 5. The van der Waals surface area contributed by atoms with Gasteiger partial charge in [-0.3, -0.25) is 10.1 Å². The summed E-state index contributed by atoms with van der Waals surface area (Å²) in [6.45, 7) is 0. The van der Waals surface area contributed by atoms with Crippen molar-refractivity contribution in [3.05, 3.63) is 124 Å². The lowest BCUT2D eigenvalue weighted by molar-refractivity contribution is -0.384. The summed E-state index contributed by atoms with van der Waals surface area (Å²) in [6, 6.07) is 33.2. The number of nitro benzene ring substituents is 1. The summed E-state index contributed by atoms with van der Waals surface area (Å²) in [5.41, 5.74) is 4.30. The monoisotopic (exact) mass is 523 g/mol. The highest BCUT2D eigenvalue weighted by molar-refractivity contribution is 9.10. The lowest BCUT2D eigenvalue weighted by Crippen LogP contribution is -2.03. The first kappa shape index (κ1) is 22.4. The highest BCUT2D eigenvalue weighted by atomic mass is 79.9. The fourth-order valence-electron chi connectivity index (χ4n) is 3.74. The van der Waals surface area contributed by atoms with Gasteiger partial charge in [-0.2, -0.15) is 10.2 Å². The number of azo groups is 1. The van der Waals surface area contributed by atoms with E-state index in [4.69, 9.17) is 5.10 Å². The van der Waals surface area contributed by atoms with Gasteiger partial charge in [0.2, 0.25) is 0 Å². The standard InChI is InChI=1S/C27H18BrN5O2/c28-21-15-17-22(18-16-21)29-30-26-25(19-9-3-1-4-10-19)31-32(27(26)20-11-5-2-6-12-20)23-13-7-8-14-24(23)33(34)35/h1-18H. The van der Waals surface area contributed by atoms with Crippen LogP contribution in [0.3, 0.4) is 0 Å². The third-order valence-electron chi connectivity index (χ3n) is 5.35. The Morgan fingerprint density at radius 3 is 2.00 bits per heavy atom. The van der Waals surface area contributed by atoms with E-state index in [1.165, 1.54) is 6.07 Å². The van der Waals surface area contributed by atoms with Crippen LogP contribution in [-0.4, -0.2) is 14.7 Å². The molecule has 0 saturated heterocycles. The van der Waals surface area contributed by atoms with Crippen molar-refractivity contribution in [1.82, 2.24) is 9.78 Å². The highest BCUT2D eigenvalue weighted by Gasteiger charge is 2.25. The number of hydrogen-bond acceptors (Lipinski definition) is 5. The molecule has 0 amide bonds. The molecule has 0 aliphatic rings. The van der Waals surface area contributed by atoms with E-state index in [1.807, 2.05) is 84.9 Å². The van der Waals surface area contributed by atoms with Crippen LogP contribution in [0.25, 0.3) is 28.2 Å². The van der Waals surface area contributed by atoms with E-state index in [9.17, 15) is 10.1 Å². The maximum atomic E-state index is 11.9. The molecule has 0 bridgehead atoms. The van der Waals surface area contributed by atoms with Crippen molar-refractivity contribution in [1.29, 1.82) is 0 Å². The summed E-state index contributed by atoms with van der Waals surface area (Å²) in [4.78, 5) is 11.5. The van der Waals surface area contributed by atoms with Gasteiger partial charge in [0.15, 0.2) is 0 Å². The Labute approximate surface area is 209 Å². The van der Waals surface area contributed by atoms with Crippen molar-refractivity contribution in [3.63, 3.8) is 0 Å². The molecule has 35 heavy (non-hydrogen) atoms. The Bertz CT molecular complexity index is 1520. The number of nitro groups is 1. The molecule has 170 valence electrons. The maximum absolute atomic E-state index is 11.9. The SMILES string of the molecule is O=[N+]([O-])c1ccccc1-n1nc(-c2ccccc2)c(N=Nc2ccc(Br)cc2)c1-c1ccccc1. The first-order valence-corrected chi connectivity index (χ1v) is 11.6. The van der Waals surface area contributed by atoms with Crippen LogP contribution in [0, 0.1) is 10.1 Å². The zero-order valence-corrected chi connectivity index (χ0v) is 19.9. The predicted octanol–water partition coefficient (Wildman–Crippen LogP) is 8.29. The lowest BCUT2D eigenvalue weighted by atomic mass is 10.1. The van der Waals surface area contributed by atoms with Gasteiger partial charge < -0.3 is 0 Å². The smallest absolute Gasteiger partial charge is 0.258 e. The summed E-state index contributed by atoms with van der Waals surface area (Å²) < 4.78 is 2.53. The van der Waals surface area contributed by atoms with Crippen LogP contribution in [0.4, 0.5) is 17.1 Å². The van der Waals surface area contributed by atoms with Crippen molar-refractivity contribution in [3.8, 4) is 28.2 Å². The first-order valence-electron chi connectivity index (χ1n) is 10.8. The van der Waals surface area contributed by atoms with Crippen molar-refractivity contribution < 1.29 is 4.92 Å². The molecule has 0 N–H and O–H groups in total. The molecule has 0 saturated carbocycles. The Hall–Kier alpha value is -4.43. The molecule has 4 aromatic carbocycles. The van der Waals surface area contributed by atoms with E-state index in [-0.39, 0.29) is 5.69 Å². The molecule has 0 spiro atoms. The molecular formula is C27H18BrN5O2. The summed E-state index contributed by atoms with van der Waals surface area (Å²) in [5, 5.41) is 25.8. The Morgan fingerprint density at radius 2 is 1.34 bits per heavy atom. The molecule has 1 heterocycles. The van der Waals surface area contributed by atoms with E-state index in [2.05, 4.69) is 26.2 Å². The second-order valence-electron chi connectivity index (χ2n) is 7.61. The van der Waals surface area contributed by atoms with Crippen LogP contribution < -0.4 is 0 Å². The second-order valence-corrected chi connectivity index (χ2v) is 8.53. The minimum absolute atomic E-state index is 0.0526. The van der Waals surface area contributed by atoms with E-state index in [0.717, 1.165) is 15.6 Å². The van der Waals surface area contributed by atoms with Gasteiger partial charge in [-0.25, -0.2) is 4.68 Å². The topological polar surface area (TPSA) is 85.7 Å². The van der Waals surface area contributed by atoms with E-state index < -0.39 is 4.92 Å². The van der Waals surface area contributed by atoms with E-state index in [0.29, 0.717) is 28.5 Å². The van der Waals surface area contributed by atoms with E-state index in [1.54, 1.807) is 22.9 Å². The van der Waals surface area contributed by atoms with Gasteiger partial charge in [-0.1, -0.05) is 88.7 Å². The summed E-state index contributed by atoms with van der Waals surface area (Å²) >= 11 is 3.43. The molecule has 8 heteroatoms. The third-order valence-corrected chi connectivity index (χ3v) is 5.88. The molecule has 0 aliphatic heterocycles. The normalized spacial score (nSPS) is 11.1. The summed E-state index contributed by atoms with van der Waals surface area (Å²) in [6.07, 6.45) is 0. The molecule has 0 fully saturated rings. The van der Waals surface area contributed by atoms with Gasteiger partial charge in [0.05, 0.1) is 10.6 Å². The summed E-state index contributed by atoms with van der Waals surface area (Å²) in [7, 11) is 0. The van der Waals surface area contributed by atoms with Gasteiger partial charge in [-0.15, -0.1) is 5.11 Å². The van der Waals surface area contributed by atoms with Crippen molar-refractivity contribution in [2.75, 3.05) is 0 Å². The molecule has 0 aliphatic carbocycles. The van der Waals surface area contributed by atoms with Gasteiger partial charge in [-0.05, 0) is 30.3 Å². The van der Waals surface area contributed by atoms with Crippen molar-refractivity contribution in [2.45, 2.75) is 0 Å². The Morgan fingerprint density at radius 1 is 0.743 bits per heavy atom. The number of aromatic nitrogens is 2. The zero-order valence-electron chi connectivity index (χ0n) is 18.3. The van der Waals surface area contributed by atoms with Gasteiger partial charge in [0.25, 0.3) is 5.69 Å². The number of rotatable bonds is 6. The van der Waals surface area contributed by atoms with Crippen LogP contribution >= 0.6 is 15.9 Å². The predicted molar refractivity (Wildman–Crippen MR) is 139 cm³/mol. The minimum atomic E-state index is -0.406. The second kappa shape index (κ2) is 9.82. The molecule has 0 radical (unpaired) electrons. The van der Waals surface area contributed by atoms with E-state index >= 15 is 0 Å². The van der Waals surface area contributed by atoms with Crippen LogP contribution in [-0.2, 0) is 0 Å². The molecule has 5 aromatic rings. The molecule has 1 aromatic heterocycles. The number of hydrogen-bond donors (Lipinski definition) is 0. The molecule has 0 atom stereocenters. The van der Waals surface area contributed by atoms with Gasteiger partial charge in [0.1, 0.15) is 22.8 Å². The fourth-order valence-corrected chi connectivity index (χ4v) is 4.00. The van der Waals surface area contributed by atoms with Gasteiger partial charge >= 0.3 is 0 Å². The molecular weight excluding hydrogens is 506 g/mol. The number of benzene rings is 4. The first-order chi connectivity index (χ1) is 17.1. The Balaban J connectivity index is 1.81. The van der Waals surface area contributed by atoms with Crippen LogP contribution in [0.15, 0.2) is 124 Å². The Kier molecular flexibility index (Phi) is 6.28. The average Bonchev–Trinajstić information content (AvgIpc) is 3.28. The average molecular weight is 524 g/mol. The molecule has 0 unspecified atom stereocenters. The number of halogens is 1. The lowest BCUT2D eigenvalue weighted by Gasteiger charge is -2.08. The number of para-hydroxylation sites is 2. The summed E-state index contributed by atoms with van der Waals surface area (Å²) in [5.74, 6) is 0. The molecule has 5 rings (SSSR count). The molecule has 7 nitrogen and oxygen atoms in total. The van der Waals surface area contributed by atoms with Crippen LogP contribution in [0.2, 0.25) is 0 Å². The zero-order chi connectivity index (χ0) is 24.2. The van der Waals surface area contributed by atoms with Crippen molar-refractivity contribution in [2.24, 2.45) is 10.2 Å². The van der Waals surface area contributed by atoms with Crippen LogP contribution in [0.1, 0.15) is 0 Å². The largest absolute Gasteiger partial charge is 0.294 e. The fraction of sp³-hybridized carbons (Fsp3) is 0.